The van der Waals surface area contributed by atoms with Crippen molar-refractivity contribution in [2.24, 2.45) is 10.2 Å². The molecule has 2 rings (SSSR count). The number of carbonyl (C=O) groups is 1. The first kappa shape index (κ1) is 20.2. The Morgan fingerprint density at radius 3 is 2.41 bits per heavy atom. The van der Waals surface area contributed by atoms with Crippen molar-refractivity contribution in [2.45, 2.75) is 6.61 Å². The van der Waals surface area contributed by atoms with Crippen LogP contribution in [-0.4, -0.2) is 22.8 Å². The number of nitrogens with zero attached hydrogens (tertiary/aromatic N) is 2. The molecule has 2 aromatic carbocycles. The van der Waals surface area contributed by atoms with Gasteiger partial charge < -0.3 is 14.9 Å². The van der Waals surface area contributed by atoms with Gasteiger partial charge in [0.2, 0.25) is 5.70 Å². The van der Waals surface area contributed by atoms with Gasteiger partial charge >= 0.3 is 12.6 Å². The maximum absolute atomic E-state index is 14.0. The molecule has 0 radical (unpaired) electrons. The van der Waals surface area contributed by atoms with Gasteiger partial charge in [-0.3, -0.25) is 0 Å². The van der Waals surface area contributed by atoms with Crippen molar-refractivity contribution >= 4 is 29.0 Å². The molecule has 0 fully saturated rings. The van der Waals surface area contributed by atoms with Crippen LogP contribution in [-0.2, 0) is 4.79 Å². The second-order valence-electron chi connectivity index (χ2n) is 4.79. The van der Waals surface area contributed by atoms with E-state index in [9.17, 15) is 27.5 Å². The summed E-state index contributed by atoms with van der Waals surface area (Å²) < 4.78 is 56.6. The highest BCUT2D eigenvalue weighted by atomic mass is 35.5. The fraction of sp³-hybridized carbons (Fsp3) is 0.0625. The van der Waals surface area contributed by atoms with Crippen LogP contribution < -0.4 is 4.74 Å². The average Bonchev–Trinajstić information content (AvgIpc) is 2.56. The van der Waals surface area contributed by atoms with E-state index in [0.717, 1.165) is 30.3 Å². The molecule has 0 aliphatic heterocycles. The van der Waals surface area contributed by atoms with Crippen LogP contribution in [0.4, 0.5) is 23.2 Å². The van der Waals surface area contributed by atoms with Crippen molar-refractivity contribution in [1.29, 1.82) is 0 Å². The number of benzene rings is 2. The SMILES string of the molecule is O=C(O)C(N=Nc1ccc(Cl)cc1F)=C(O)c1c(F)cccc1OC(F)F. The van der Waals surface area contributed by atoms with E-state index in [1.165, 1.54) is 6.07 Å². The minimum absolute atomic E-state index is 0.0449. The molecule has 0 saturated heterocycles. The number of aliphatic hydroxyl groups is 1. The third-order valence-electron chi connectivity index (χ3n) is 3.02. The van der Waals surface area contributed by atoms with Crippen molar-refractivity contribution < 1.29 is 37.3 Å². The Hall–Kier alpha value is -3.14. The first-order valence-corrected chi connectivity index (χ1v) is 7.35. The predicted molar refractivity (Wildman–Crippen MR) is 86.1 cm³/mol. The summed E-state index contributed by atoms with van der Waals surface area (Å²) in [5.41, 5.74) is -2.62. The van der Waals surface area contributed by atoms with Crippen molar-refractivity contribution in [3.8, 4) is 5.75 Å². The molecule has 11 heteroatoms. The number of hydrogen-bond acceptors (Lipinski definition) is 5. The zero-order valence-electron chi connectivity index (χ0n) is 13.0. The van der Waals surface area contributed by atoms with E-state index in [-0.39, 0.29) is 5.02 Å². The number of halogens is 5. The van der Waals surface area contributed by atoms with E-state index in [0.29, 0.717) is 0 Å². The Labute approximate surface area is 154 Å². The molecule has 0 atom stereocenters. The molecule has 0 bridgehead atoms. The third-order valence-corrected chi connectivity index (χ3v) is 3.26. The van der Waals surface area contributed by atoms with Gasteiger partial charge in [-0.2, -0.15) is 8.78 Å². The van der Waals surface area contributed by atoms with Crippen molar-refractivity contribution in [2.75, 3.05) is 0 Å². The van der Waals surface area contributed by atoms with Gasteiger partial charge in [0.1, 0.15) is 17.3 Å². The number of aliphatic hydroxyl groups excluding tert-OH is 1. The lowest BCUT2D eigenvalue weighted by Gasteiger charge is -2.11. The Kier molecular flexibility index (Phi) is 6.35. The number of carboxylic acids is 1. The first-order valence-electron chi connectivity index (χ1n) is 6.97. The molecule has 142 valence electrons. The fourth-order valence-corrected chi connectivity index (χ4v) is 2.06. The molecular formula is C16H9ClF4N2O4. The van der Waals surface area contributed by atoms with E-state index in [4.69, 9.17) is 16.7 Å². The number of hydrogen-bond donors (Lipinski definition) is 2. The van der Waals surface area contributed by atoms with Crippen LogP contribution in [0.1, 0.15) is 5.56 Å². The van der Waals surface area contributed by atoms with Gasteiger partial charge in [0.25, 0.3) is 0 Å². The van der Waals surface area contributed by atoms with Crippen molar-refractivity contribution in [3.05, 3.63) is 64.3 Å². The topological polar surface area (TPSA) is 91.5 Å². The highest BCUT2D eigenvalue weighted by Gasteiger charge is 2.24. The molecule has 27 heavy (non-hydrogen) atoms. The Morgan fingerprint density at radius 2 is 1.81 bits per heavy atom. The standard InChI is InChI=1S/C16H9ClF4N2O4/c17-7-4-5-10(9(19)6-7)22-23-13(15(25)26)14(24)12-8(18)2-1-3-11(12)27-16(20)21/h1-6,16,24H,(H,25,26). The van der Waals surface area contributed by atoms with Crippen molar-refractivity contribution in [3.63, 3.8) is 0 Å². The number of aliphatic carboxylic acids is 1. The van der Waals surface area contributed by atoms with Crippen LogP contribution in [0.3, 0.4) is 0 Å². The summed E-state index contributed by atoms with van der Waals surface area (Å²) in [7, 11) is 0. The van der Waals surface area contributed by atoms with E-state index >= 15 is 0 Å². The Morgan fingerprint density at radius 1 is 1.11 bits per heavy atom. The monoisotopic (exact) mass is 404 g/mol. The lowest BCUT2D eigenvalue weighted by Crippen LogP contribution is -2.08. The largest absolute Gasteiger partial charge is 0.505 e. The Balaban J connectivity index is 2.56. The minimum Gasteiger partial charge on any atom is -0.505 e. The molecule has 0 saturated carbocycles. The number of alkyl halides is 2. The molecule has 0 aliphatic carbocycles. The summed E-state index contributed by atoms with van der Waals surface area (Å²) in [5.74, 6) is -6.24. The van der Waals surface area contributed by atoms with Crippen LogP contribution in [0.25, 0.3) is 5.76 Å². The second kappa shape index (κ2) is 8.49. The number of carboxylic acid groups (broad SMARTS) is 1. The van der Waals surface area contributed by atoms with Gasteiger partial charge in [0.05, 0.1) is 5.56 Å². The van der Waals surface area contributed by atoms with Crippen LogP contribution in [0.2, 0.25) is 5.02 Å². The normalized spacial score (nSPS) is 12.4. The van der Waals surface area contributed by atoms with Gasteiger partial charge in [0.15, 0.2) is 11.6 Å². The van der Waals surface area contributed by atoms with Crippen LogP contribution >= 0.6 is 11.6 Å². The summed E-state index contributed by atoms with van der Waals surface area (Å²) in [6, 6.07) is 5.87. The van der Waals surface area contributed by atoms with Crippen LogP contribution in [0.5, 0.6) is 5.75 Å². The maximum Gasteiger partial charge on any atom is 0.387 e. The zero-order valence-corrected chi connectivity index (χ0v) is 13.8. The molecule has 0 aromatic heterocycles. The van der Waals surface area contributed by atoms with Gasteiger partial charge in [-0.25, -0.2) is 13.6 Å². The van der Waals surface area contributed by atoms with Gasteiger partial charge in [0, 0.05) is 5.02 Å². The molecule has 2 N–H and O–H groups in total. The van der Waals surface area contributed by atoms with E-state index in [1.54, 1.807) is 0 Å². The number of rotatable bonds is 6. The first-order chi connectivity index (χ1) is 12.7. The lowest BCUT2D eigenvalue weighted by atomic mass is 10.1. The molecule has 0 spiro atoms. The summed E-state index contributed by atoms with van der Waals surface area (Å²) in [5, 5.41) is 25.8. The zero-order chi connectivity index (χ0) is 20.1. The number of azo groups is 1. The summed E-state index contributed by atoms with van der Waals surface area (Å²) in [6.07, 6.45) is 0. The molecular weight excluding hydrogens is 396 g/mol. The van der Waals surface area contributed by atoms with Crippen molar-refractivity contribution in [1.82, 2.24) is 0 Å². The van der Waals surface area contributed by atoms with E-state index in [2.05, 4.69) is 15.0 Å². The van der Waals surface area contributed by atoms with E-state index in [1.807, 2.05) is 0 Å². The fourth-order valence-electron chi connectivity index (χ4n) is 1.90. The molecule has 2 aromatic rings. The van der Waals surface area contributed by atoms with Gasteiger partial charge in [-0.05, 0) is 30.3 Å². The summed E-state index contributed by atoms with van der Waals surface area (Å²) >= 11 is 5.56. The maximum atomic E-state index is 14.0. The highest BCUT2D eigenvalue weighted by Crippen LogP contribution is 2.32. The smallest absolute Gasteiger partial charge is 0.387 e. The lowest BCUT2D eigenvalue weighted by molar-refractivity contribution is -0.132. The molecule has 0 amide bonds. The minimum atomic E-state index is -3.36. The summed E-state index contributed by atoms with van der Waals surface area (Å²) in [6.45, 7) is -3.36. The molecule has 0 heterocycles. The van der Waals surface area contributed by atoms with Gasteiger partial charge in [-0.15, -0.1) is 10.2 Å². The Bertz CT molecular complexity index is 935. The molecule has 0 unspecified atom stereocenters. The number of ether oxygens (including phenoxy) is 1. The summed E-state index contributed by atoms with van der Waals surface area (Å²) in [4.78, 5) is 11.3. The second-order valence-corrected chi connectivity index (χ2v) is 5.23. The quantitative estimate of drug-likeness (QED) is 0.295. The molecule has 6 nitrogen and oxygen atoms in total. The van der Waals surface area contributed by atoms with Crippen LogP contribution in [0, 0.1) is 11.6 Å². The van der Waals surface area contributed by atoms with E-state index < -0.39 is 52.7 Å². The highest BCUT2D eigenvalue weighted by molar-refractivity contribution is 6.30. The van der Waals surface area contributed by atoms with Gasteiger partial charge in [-0.1, -0.05) is 17.7 Å². The van der Waals surface area contributed by atoms with Crippen LogP contribution in [0.15, 0.2) is 52.3 Å². The molecule has 0 aliphatic rings. The average molecular weight is 405 g/mol. The predicted octanol–water partition coefficient (Wildman–Crippen LogP) is 5.31. The third kappa shape index (κ3) is 4.94.